The summed E-state index contributed by atoms with van der Waals surface area (Å²) in [6.07, 6.45) is 8.11. The number of fused-ring (bicyclic) bond motifs is 2. The number of aromatic nitrogens is 4. The predicted octanol–water partition coefficient (Wildman–Crippen LogP) is 5.22. The third-order valence-electron chi connectivity index (χ3n) is 5.55. The number of benzene rings is 1. The van der Waals surface area contributed by atoms with E-state index >= 15 is 0 Å². The summed E-state index contributed by atoms with van der Waals surface area (Å²) in [5.41, 5.74) is 7.93. The molecular formula is C22H27FIN5O2. The van der Waals surface area contributed by atoms with E-state index in [0.717, 1.165) is 45.8 Å². The van der Waals surface area contributed by atoms with Gasteiger partial charge in [0.25, 0.3) is 0 Å². The number of hydrogen-bond donors (Lipinski definition) is 1. The summed E-state index contributed by atoms with van der Waals surface area (Å²) >= 11 is 2.29. The van der Waals surface area contributed by atoms with Crippen molar-refractivity contribution in [2.24, 2.45) is 0 Å². The quantitative estimate of drug-likeness (QED) is 0.216. The van der Waals surface area contributed by atoms with E-state index in [1.165, 1.54) is 32.1 Å². The highest BCUT2D eigenvalue weighted by Gasteiger charge is 2.20. The normalized spacial score (nSPS) is 12.7. The molecule has 0 bridgehead atoms. The van der Waals surface area contributed by atoms with Crippen LogP contribution in [0.3, 0.4) is 0 Å². The van der Waals surface area contributed by atoms with Crippen molar-refractivity contribution in [1.29, 1.82) is 0 Å². The number of hydrogen-bond acceptors (Lipinski definition) is 6. The van der Waals surface area contributed by atoms with Crippen LogP contribution < -0.4 is 15.2 Å². The minimum absolute atomic E-state index is 0.0717. The molecule has 0 saturated carbocycles. The fraction of sp³-hybridized carbons (Fsp3) is 0.500. The van der Waals surface area contributed by atoms with E-state index in [9.17, 15) is 4.39 Å². The molecule has 0 unspecified atom stereocenters. The van der Waals surface area contributed by atoms with Gasteiger partial charge in [-0.25, -0.2) is 4.98 Å². The average molecular weight is 539 g/mol. The number of unbranched alkanes of at least 4 members (excludes halogenated alkanes) is 6. The molecule has 3 heterocycles. The number of ether oxygens (including phenoxy) is 2. The zero-order chi connectivity index (χ0) is 21.8. The Morgan fingerprint density at radius 1 is 1.03 bits per heavy atom. The Kier molecular flexibility index (Phi) is 7.09. The highest BCUT2D eigenvalue weighted by Crippen LogP contribution is 2.36. The third-order valence-corrected chi connectivity index (χ3v) is 6.55. The van der Waals surface area contributed by atoms with Crippen molar-refractivity contribution in [1.82, 2.24) is 19.5 Å². The standard InChI is InChI=1S/C22H27FIN5O2/c1-2-3-4-5-6-7-8-9-29-18(26-19-20(25)27-22(23)28-21(19)29)11-14-10-16-17(12-15(14)24)31-13-30-16/h10,12H,2-9,11,13H2,1H3,(H2,25,27,28). The molecule has 31 heavy (non-hydrogen) atoms. The van der Waals surface area contributed by atoms with Gasteiger partial charge in [0.2, 0.25) is 6.79 Å². The fourth-order valence-electron chi connectivity index (χ4n) is 3.90. The molecule has 1 aromatic carbocycles. The molecule has 166 valence electrons. The summed E-state index contributed by atoms with van der Waals surface area (Å²) in [7, 11) is 0. The molecule has 0 atom stereocenters. The summed E-state index contributed by atoms with van der Waals surface area (Å²) in [6.45, 7) is 3.17. The highest BCUT2D eigenvalue weighted by molar-refractivity contribution is 14.1. The molecule has 9 heteroatoms. The Hall–Kier alpha value is -2.17. The van der Waals surface area contributed by atoms with Crippen LogP contribution in [-0.2, 0) is 13.0 Å². The van der Waals surface area contributed by atoms with Crippen LogP contribution in [0.2, 0.25) is 0 Å². The Balaban J connectivity index is 1.57. The number of imidazole rings is 1. The smallest absolute Gasteiger partial charge is 0.312 e. The summed E-state index contributed by atoms with van der Waals surface area (Å²) in [6, 6.07) is 3.95. The first kappa shape index (κ1) is 22.0. The van der Waals surface area contributed by atoms with Gasteiger partial charge in [-0.15, -0.1) is 0 Å². The second-order valence-corrected chi connectivity index (χ2v) is 8.99. The van der Waals surface area contributed by atoms with Crippen LogP contribution in [-0.4, -0.2) is 26.3 Å². The van der Waals surface area contributed by atoms with E-state index in [1.54, 1.807) is 0 Å². The molecule has 2 N–H and O–H groups in total. The minimum Gasteiger partial charge on any atom is -0.454 e. The van der Waals surface area contributed by atoms with Crippen LogP contribution >= 0.6 is 22.6 Å². The lowest BCUT2D eigenvalue weighted by Crippen LogP contribution is -2.07. The van der Waals surface area contributed by atoms with Gasteiger partial charge in [-0.2, -0.15) is 14.4 Å². The van der Waals surface area contributed by atoms with Crippen LogP contribution in [0, 0.1) is 9.65 Å². The first-order valence-electron chi connectivity index (χ1n) is 10.8. The van der Waals surface area contributed by atoms with Crippen LogP contribution in [0.15, 0.2) is 12.1 Å². The molecule has 0 radical (unpaired) electrons. The van der Waals surface area contributed by atoms with Crippen molar-refractivity contribution in [3.63, 3.8) is 0 Å². The lowest BCUT2D eigenvalue weighted by atomic mass is 10.1. The van der Waals surface area contributed by atoms with Gasteiger partial charge >= 0.3 is 6.08 Å². The number of aryl methyl sites for hydroxylation is 1. The van der Waals surface area contributed by atoms with Crippen LogP contribution in [0.5, 0.6) is 11.5 Å². The summed E-state index contributed by atoms with van der Waals surface area (Å²) in [5.74, 6) is 2.35. The number of rotatable bonds is 10. The van der Waals surface area contributed by atoms with Crippen LogP contribution in [0.25, 0.3) is 11.2 Å². The number of nitrogens with zero attached hydrogens (tertiary/aromatic N) is 4. The first-order valence-corrected chi connectivity index (χ1v) is 11.9. The zero-order valence-electron chi connectivity index (χ0n) is 17.7. The molecule has 0 aliphatic carbocycles. The van der Waals surface area contributed by atoms with E-state index < -0.39 is 6.08 Å². The van der Waals surface area contributed by atoms with Gasteiger partial charge in [0.1, 0.15) is 5.82 Å². The van der Waals surface area contributed by atoms with Gasteiger partial charge in [0.15, 0.2) is 28.5 Å². The Morgan fingerprint density at radius 3 is 2.52 bits per heavy atom. The highest BCUT2D eigenvalue weighted by atomic mass is 127. The molecule has 7 nitrogen and oxygen atoms in total. The van der Waals surface area contributed by atoms with Gasteiger partial charge in [-0.05, 0) is 46.7 Å². The van der Waals surface area contributed by atoms with E-state index in [1.807, 2.05) is 16.7 Å². The van der Waals surface area contributed by atoms with Crippen molar-refractivity contribution in [3.05, 3.63) is 33.2 Å². The average Bonchev–Trinajstić information content (AvgIpc) is 3.32. The molecule has 1 aliphatic heterocycles. The number of nitrogens with two attached hydrogens (primary N) is 1. The summed E-state index contributed by atoms with van der Waals surface area (Å²) in [4.78, 5) is 12.4. The lowest BCUT2D eigenvalue weighted by molar-refractivity contribution is 0.174. The van der Waals surface area contributed by atoms with Gasteiger partial charge in [-0.3, -0.25) is 0 Å². The van der Waals surface area contributed by atoms with E-state index in [4.69, 9.17) is 20.2 Å². The topological polar surface area (TPSA) is 88.1 Å². The molecule has 2 aromatic heterocycles. The largest absolute Gasteiger partial charge is 0.454 e. The van der Waals surface area contributed by atoms with E-state index in [0.29, 0.717) is 17.6 Å². The van der Waals surface area contributed by atoms with Gasteiger partial charge in [0, 0.05) is 16.5 Å². The predicted molar refractivity (Wildman–Crippen MR) is 126 cm³/mol. The number of halogens is 2. The minimum atomic E-state index is -0.824. The molecule has 3 aromatic rings. The van der Waals surface area contributed by atoms with E-state index in [2.05, 4.69) is 39.5 Å². The number of anilines is 1. The SMILES string of the molecule is CCCCCCCCCn1c(Cc2cc3c(cc2I)OCO3)nc2c(N)nc(F)nc21. The maximum absolute atomic E-state index is 13.9. The van der Waals surface area contributed by atoms with Gasteiger partial charge in [0.05, 0.1) is 0 Å². The maximum Gasteiger partial charge on any atom is 0.312 e. The third kappa shape index (κ3) is 5.02. The van der Waals surface area contributed by atoms with Crippen molar-refractivity contribution in [2.75, 3.05) is 12.5 Å². The monoisotopic (exact) mass is 539 g/mol. The number of nitrogen functional groups attached to an aromatic ring is 1. The lowest BCUT2D eigenvalue weighted by Gasteiger charge is -2.10. The Bertz CT molecular complexity index is 1070. The second kappa shape index (κ2) is 9.97. The first-order chi connectivity index (χ1) is 15.1. The van der Waals surface area contributed by atoms with Crippen molar-refractivity contribution in [2.45, 2.75) is 64.8 Å². The molecule has 4 rings (SSSR count). The molecule has 0 fully saturated rings. The Labute approximate surface area is 194 Å². The fourth-order valence-corrected chi connectivity index (χ4v) is 4.53. The van der Waals surface area contributed by atoms with Crippen molar-refractivity contribution < 1.29 is 13.9 Å². The molecular weight excluding hydrogens is 512 g/mol. The maximum atomic E-state index is 13.9. The van der Waals surface area contributed by atoms with Crippen LogP contribution in [0.1, 0.15) is 63.3 Å². The second-order valence-electron chi connectivity index (χ2n) is 7.82. The van der Waals surface area contributed by atoms with Gasteiger partial charge in [-0.1, -0.05) is 45.4 Å². The van der Waals surface area contributed by atoms with Crippen molar-refractivity contribution >= 4 is 39.6 Å². The summed E-state index contributed by atoms with van der Waals surface area (Å²) in [5, 5.41) is 0. The molecule has 0 amide bonds. The molecule has 1 aliphatic rings. The van der Waals surface area contributed by atoms with E-state index in [-0.39, 0.29) is 12.6 Å². The molecule has 0 saturated heterocycles. The summed E-state index contributed by atoms with van der Waals surface area (Å²) < 4.78 is 28.0. The van der Waals surface area contributed by atoms with Gasteiger partial charge < -0.3 is 19.8 Å². The van der Waals surface area contributed by atoms with Crippen LogP contribution in [0.4, 0.5) is 10.2 Å². The van der Waals surface area contributed by atoms with Crippen molar-refractivity contribution in [3.8, 4) is 11.5 Å². The molecule has 0 spiro atoms. The zero-order valence-corrected chi connectivity index (χ0v) is 19.8. The Morgan fingerprint density at radius 2 is 1.74 bits per heavy atom.